The monoisotopic (exact) mass is 309 g/mol. The van der Waals surface area contributed by atoms with Crippen molar-refractivity contribution in [2.75, 3.05) is 12.9 Å². The Balaban J connectivity index is 2.54. The predicted molar refractivity (Wildman–Crippen MR) is 86.3 cm³/mol. The molecule has 21 heavy (non-hydrogen) atoms. The van der Waals surface area contributed by atoms with Crippen molar-refractivity contribution in [2.24, 2.45) is 0 Å². The molecule has 5 heteroatoms. The number of hydrogen-bond acceptors (Lipinski definition) is 4. The Morgan fingerprint density at radius 2 is 2.14 bits per heavy atom. The number of aryl methyl sites for hydroxylation is 1. The van der Waals surface area contributed by atoms with Crippen LogP contribution in [0, 0.1) is 13.8 Å². The average molecular weight is 309 g/mol. The van der Waals surface area contributed by atoms with Gasteiger partial charge in [0.1, 0.15) is 0 Å². The summed E-state index contributed by atoms with van der Waals surface area (Å²) in [7, 11) is 0. The second-order valence-corrected chi connectivity index (χ2v) is 6.57. The highest BCUT2D eigenvalue weighted by atomic mass is 32.2. The van der Waals surface area contributed by atoms with E-state index in [-0.39, 0.29) is 17.6 Å². The summed E-state index contributed by atoms with van der Waals surface area (Å²) in [5.41, 5.74) is 1.97. The average Bonchev–Trinajstić information content (AvgIpc) is 2.86. The van der Waals surface area contributed by atoms with Crippen molar-refractivity contribution >= 4 is 17.7 Å². The summed E-state index contributed by atoms with van der Waals surface area (Å²) < 4.78 is 6.95. The summed E-state index contributed by atoms with van der Waals surface area (Å²) in [6.45, 7) is 5.79. The highest BCUT2D eigenvalue weighted by Crippen LogP contribution is 2.37. The number of esters is 1. The maximum Gasteiger partial charge on any atom is 0.340 e. The van der Waals surface area contributed by atoms with Crippen molar-refractivity contribution in [3.63, 3.8) is 0 Å². The fraction of sp³-hybridized carbons (Fsp3) is 0.625. The van der Waals surface area contributed by atoms with Gasteiger partial charge in [0.25, 0.3) is 5.56 Å². The summed E-state index contributed by atoms with van der Waals surface area (Å²) in [4.78, 5) is 24.6. The molecule has 0 radical (unpaired) electrons. The van der Waals surface area contributed by atoms with Crippen LogP contribution in [0.4, 0.5) is 0 Å². The fourth-order valence-electron chi connectivity index (χ4n) is 3.30. The van der Waals surface area contributed by atoms with Crippen molar-refractivity contribution < 1.29 is 9.53 Å². The summed E-state index contributed by atoms with van der Waals surface area (Å²) in [5.74, 6) is -0.333. The van der Waals surface area contributed by atoms with Crippen LogP contribution in [0.3, 0.4) is 0 Å². The summed E-state index contributed by atoms with van der Waals surface area (Å²) in [6.07, 6.45) is 5.34. The zero-order valence-electron chi connectivity index (χ0n) is 13.1. The Morgan fingerprint density at radius 3 is 2.76 bits per heavy atom. The van der Waals surface area contributed by atoms with E-state index < -0.39 is 0 Å². The van der Waals surface area contributed by atoms with Gasteiger partial charge in [0, 0.05) is 23.1 Å². The third-order valence-corrected chi connectivity index (χ3v) is 5.38. The van der Waals surface area contributed by atoms with Gasteiger partial charge in [0.2, 0.25) is 0 Å². The number of carbonyl (C=O) groups excluding carboxylic acids is 1. The Morgan fingerprint density at radius 1 is 1.43 bits per heavy atom. The highest BCUT2D eigenvalue weighted by Gasteiger charge is 2.31. The molecular weight excluding hydrogens is 286 g/mol. The molecule has 0 spiro atoms. The second kappa shape index (κ2) is 6.69. The van der Waals surface area contributed by atoms with Gasteiger partial charge in [-0.25, -0.2) is 4.79 Å². The minimum absolute atomic E-state index is 0.0102. The zero-order valence-corrected chi connectivity index (χ0v) is 14.0. The molecule has 1 aliphatic rings. The quantitative estimate of drug-likeness (QED) is 0.802. The Labute approximate surface area is 129 Å². The predicted octanol–water partition coefficient (Wildman–Crippen LogP) is 3.10. The molecule has 0 bridgehead atoms. The molecule has 0 aliphatic heterocycles. The molecule has 1 aromatic heterocycles. The van der Waals surface area contributed by atoms with Crippen LogP contribution in [0.5, 0.6) is 0 Å². The maximum atomic E-state index is 12.4. The van der Waals surface area contributed by atoms with E-state index >= 15 is 0 Å². The van der Waals surface area contributed by atoms with E-state index in [1.165, 1.54) is 0 Å². The lowest BCUT2D eigenvalue weighted by Gasteiger charge is -2.24. The Bertz CT molecular complexity index is 594. The van der Waals surface area contributed by atoms with Crippen molar-refractivity contribution in [1.82, 2.24) is 4.57 Å². The molecular formula is C16H23NO3S. The Hall–Kier alpha value is -1.23. The van der Waals surface area contributed by atoms with E-state index in [2.05, 4.69) is 6.26 Å². The first kappa shape index (κ1) is 16.1. The zero-order chi connectivity index (χ0) is 15.6. The molecule has 0 aromatic carbocycles. The lowest BCUT2D eigenvalue weighted by atomic mass is 10.1. The third-order valence-electron chi connectivity index (χ3n) is 4.23. The molecule has 1 aliphatic carbocycles. The van der Waals surface area contributed by atoms with E-state index in [0.717, 1.165) is 25.0 Å². The van der Waals surface area contributed by atoms with Gasteiger partial charge in [-0.3, -0.25) is 4.79 Å². The number of carbonyl (C=O) groups is 1. The number of thioether (sulfide) groups is 1. The number of rotatable bonds is 4. The summed E-state index contributed by atoms with van der Waals surface area (Å²) >= 11 is 1.81. The molecule has 116 valence electrons. The van der Waals surface area contributed by atoms with Crippen molar-refractivity contribution in [1.29, 1.82) is 0 Å². The fourth-order valence-corrected chi connectivity index (χ4v) is 4.27. The van der Waals surface area contributed by atoms with Crippen LogP contribution in [-0.2, 0) is 4.74 Å². The van der Waals surface area contributed by atoms with Crippen molar-refractivity contribution in [3.05, 3.63) is 33.2 Å². The summed E-state index contributed by atoms with van der Waals surface area (Å²) in [5, 5.41) is 0.444. The topological polar surface area (TPSA) is 48.3 Å². The minimum Gasteiger partial charge on any atom is -0.462 e. The van der Waals surface area contributed by atoms with E-state index in [1.807, 2.05) is 11.5 Å². The van der Waals surface area contributed by atoms with Gasteiger partial charge >= 0.3 is 5.97 Å². The van der Waals surface area contributed by atoms with Crippen LogP contribution in [0.1, 0.15) is 53.8 Å². The molecule has 2 rings (SSSR count). The van der Waals surface area contributed by atoms with Gasteiger partial charge in [-0.05, 0) is 45.4 Å². The second-order valence-electron chi connectivity index (χ2n) is 5.49. The van der Waals surface area contributed by atoms with Gasteiger partial charge in [0.05, 0.1) is 12.2 Å². The van der Waals surface area contributed by atoms with Gasteiger partial charge in [-0.1, -0.05) is 6.42 Å². The SMILES string of the molecule is CCOC(=O)c1c(C)cc(=O)n(C2CCCC2SC)c1C. The number of ether oxygens (including phenoxy) is 1. The number of hydrogen-bond donors (Lipinski definition) is 0. The van der Waals surface area contributed by atoms with E-state index in [1.54, 1.807) is 31.7 Å². The van der Waals surface area contributed by atoms with Crippen LogP contribution in [0.25, 0.3) is 0 Å². The van der Waals surface area contributed by atoms with Crippen molar-refractivity contribution in [2.45, 2.75) is 51.3 Å². The molecule has 4 nitrogen and oxygen atoms in total. The normalized spacial score (nSPS) is 21.5. The highest BCUT2D eigenvalue weighted by molar-refractivity contribution is 7.99. The van der Waals surface area contributed by atoms with Crippen LogP contribution < -0.4 is 5.56 Å². The first-order valence-corrected chi connectivity index (χ1v) is 8.72. The largest absolute Gasteiger partial charge is 0.462 e. The number of aromatic nitrogens is 1. The molecule has 1 aromatic rings. The van der Waals surface area contributed by atoms with Gasteiger partial charge in [-0.2, -0.15) is 11.8 Å². The lowest BCUT2D eigenvalue weighted by molar-refractivity contribution is 0.0523. The van der Waals surface area contributed by atoms with Crippen LogP contribution in [-0.4, -0.2) is 28.6 Å². The van der Waals surface area contributed by atoms with Crippen molar-refractivity contribution in [3.8, 4) is 0 Å². The standard InChI is InChI=1S/C16H23NO3S/c1-5-20-16(19)15-10(2)9-14(18)17(11(15)3)12-7-6-8-13(12)21-4/h9,12-13H,5-8H2,1-4H3. The van der Waals surface area contributed by atoms with Gasteiger partial charge in [0.15, 0.2) is 0 Å². The van der Waals surface area contributed by atoms with E-state index in [9.17, 15) is 9.59 Å². The maximum absolute atomic E-state index is 12.4. The number of nitrogens with zero attached hydrogens (tertiary/aromatic N) is 1. The molecule has 0 amide bonds. The first-order chi connectivity index (χ1) is 10.0. The number of pyridine rings is 1. The van der Waals surface area contributed by atoms with Gasteiger partial charge < -0.3 is 9.30 Å². The van der Waals surface area contributed by atoms with E-state index in [4.69, 9.17) is 4.74 Å². The third kappa shape index (κ3) is 3.03. The van der Waals surface area contributed by atoms with Crippen LogP contribution in [0.15, 0.2) is 10.9 Å². The lowest BCUT2D eigenvalue weighted by Crippen LogP contribution is -2.32. The molecule has 1 fully saturated rings. The minimum atomic E-state index is -0.333. The summed E-state index contributed by atoms with van der Waals surface area (Å²) in [6, 6.07) is 1.75. The molecule has 1 saturated carbocycles. The van der Waals surface area contributed by atoms with E-state index in [0.29, 0.717) is 23.0 Å². The Kier molecular flexibility index (Phi) is 5.14. The van der Waals surface area contributed by atoms with Gasteiger partial charge in [-0.15, -0.1) is 0 Å². The molecule has 0 N–H and O–H groups in total. The molecule has 0 saturated heterocycles. The van der Waals surface area contributed by atoms with Crippen LogP contribution >= 0.6 is 11.8 Å². The molecule has 1 heterocycles. The molecule has 2 unspecified atom stereocenters. The first-order valence-electron chi connectivity index (χ1n) is 7.43. The smallest absolute Gasteiger partial charge is 0.340 e. The molecule has 2 atom stereocenters. The van der Waals surface area contributed by atoms with Crippen LogP contribution in [0.2, 0.25) is 0 Å².